The summed E-state index contributed by atoms with van der Waals surface area (Å²) >= 11 is 0. The fourth-order valence-electron chi connectivity index (χ4n) is 2.68. The standard InChI is InChI=1S/C17H15F3O6/c1-2-25-16(24)10-7-12(21)14(13(22)8-10)15(23)9-3-5-11(6-4-9)26-17(18,19)20/h3-6,10,14H,2,7-8H2,1H3. The summed E-state index contributed by atoms with van der Waals surface area (Å²) in [7, 11) is 0. The molecule has 0 heterocycles. The van der Waals surface area contributed by atoms with E-state index in [2.05, 4.69) is 4.74 Å². The molecule has 9 heteroatoms. The molecule has 1 aromatic rings. The van der Waals surface area contributed by atoms with E-state index in [4.69, 9.17) is 4.74 Å². The van der Waals surface area contributed by atoms with Crippen LogP contribution in [0, 0.1) is 11.8 Å². The van der Waals surface area contributed by atoms with Gasteiger partial charge in [0.25, 0.3) is 0 Å². The van der Waals surface area contributed by atoms with E-state index >= 15 is 0 Å². The topological polar surface area (TPSA) is 86.7 Å². The molecule has 6 nitrogen and oxygen atoms in total. The number of rotatable bonds is 5. The number of ether oxygens (including phenoxy) is 2. The molecule has 0 N–H and O–H groups in total. The normalized spacial score (nSPS) is 20.6. The molecular weight excluding hydrogens is 357 g/mol. The lowest BCUT2D eigenvalue weighted by atomic mass is 9.76. The van der Waals surface area contributed by atoms with Gasteiger partial charge in [-0.1, -0.05) is 0 Å². The Hall–Kier alpha value is -2.71. The smallest absolute Gasteiger partial charge is 0.466 e. The molecule has 1 fully saturated rings. The second kappa shape index (κ2) is 7.67. The molecule has 2 rings (SSSR count). The molecule has 0 bridgehead atoms. The molecule has 0 saturated heterocycles. The highest BCUT2D eigenvalue weighted by Gasteiger charge is 2.43. The van der Waals surface area contributed by atoms with E-state index in [9.17, 15) is 32.3 Å². The van der Waals surface area contributed by atoms with Crippen molar-refractivity contribution in [1.29, 1.82) is 0 Å². The molecule has 0 aliphatic heterocycles. The molecule has 1 aliphatic carbocycles. The predicted molar refractivity (Wildman–Crippen MR) is 80.3 cm³/mol. The molecule has 1 saturated carbocycles. The second-order valence-electron chi connectivity index (χ2n) is 5.66. The quantitative estimate of drug-likeness (QED) is 0.448. The van der Waals surface area contributed by atoms with Gasteiger partial charge in [0.1, 0.15) is 11.7 Å². The first kappa shape index (κ1) is 19.6. The van der Waals surface area contributed by atoms with Crippen LogP contribution in [0.2, 0.25) is 0 Å². The summed E-state index contributed by atoms with van der Waals surface area (Å²) < 4.78 is 44.9. The van der Waals surface area contributed by atoms with Gasteiger partial charge < -0.3 is 9.47 Å². The van der Waals surface area contributed by atoms with Crippen LogP contribution in [-0.4, -0.2) is 36.3 Å². The Morgan fingerprint density at radius 1 is 1.08 bits per heavy atom. The third kappa shape index (κ3) is 4.68. The molecule has 0 amide bonds. The second-order valence-corrected chi connectivity index (χ2v) is 5.66. The highest BCUT2D eigenvalue weighted by molar-refractivity contribution is 6.26. The summed E-state index contributed by atoms with van der Waals surface area (Å²) in [6, 6.07) is 3.92. The molecule has 0 atom stereocenters. The zero-order chi connectivity index (χ0) is 19.5. The lowest BCUT2D eigenvalue weighted by molar-refractivity contribution is -0.274. The van der Waals surface area contributed by atoms with Gasteiger partial charge in [-0.3, -0.25) is 19.2 Å². The van der Waals surface area contributed by atoms with Crippen LogP contribution in [0.25, 0.3) is 0 Å². The van der Waals surface area contributed by atoms with E-state index in [1.807, 2.05) is 0 Å². The molecule has 26 heavy (non-hydrogen) atoms. The number of esters is 1. The van der Waals surface area contributed by atoms with Gasteiger partial charge in [-0.15, -0.1) is 13.2 Å². The van der Waals surface area contributed by atoms with Crippen LogP contribution in [0.4, 0.5) is 13.2 Å². The van der Waals surface area contributed by atoms with Crippen molar-refractivity contribution in [3.05, 3.63) is 29.8 Å². The van der Waals surface area contributed by atoms with Crippen molar-refractivity contribution < 1.29 is 41.8 Å². The Morgan fingerprint density at radius 2 is 1.62 bits per heavy atom. The van der Waals surface area contributed by atoms with E-state index in [-0.39, 0.29) is 25.0 Å². The first-order valence-electron chi connectivity index (χ1n) is 7.74. The van der Waals surface area contributed by atoms with Crippen LogP contribution in [0.5, 0.6) is 5.75 Å². The van der Waals surface area contributed by atoms with Gasteiger partial charge in [0.2, 0.25) is 0 Å². The van der Waals surface area contributed by atoms with Gasteiger partial charge in [0.15, 0.2) is 17.3 Å². The van der Waals surface area contributed by atoms with Crippen LogP contribution in [0.3, 0.4) is 0 Å². The number of ketones is 3. The van der Waals surface area contributed by atoms with Crippen molar-refractivity contribution in [2.45, 2.75) is 26.1 Å². The number of hydrogen-bond donors (Lipinski definition) is 0. The Kier molecular flexibility index (Phi) is 5.79. The average molecular weight is 372 g/mol. The van der Waals surface area contributed by atoms with Crippen molar-refractivity contribution in [3.63, 3.8) is 0 Å². The Balaban J connectivity index is 2.11. The summed E-state index contributed by atoms with van der Waals surface area (Å²) in [4.78, 5) is 48.4. The van der Waals surface area contributed by atoms with Crippen LogP contribution in [0.15, 0.2) is 24.3 Å². The zero-order valence-corrected chi connectivity index (χ0v) is 13.7. The minimum absolute atomic E-state index is 0.0965. The SMILES string of the molecule is CCOC(=O)C1CC(=O)C(C(=O)c2ccc(OC(F)(F)F)cc2)C(=O)C1. The summed E-state index contributed by atoms with van der Waals surface area (Å²) in [6.07, 6.45) is -5.46. The fraction of sp³-hybridized carbons (Fsp3) is 0.412. The lowest BCUT2D eigenvalue weighted by Crippen LogP contribution is -2.41. The van der Waals surface area contributed by atoms with Crippen LogP contribution in [0.1, 0.15) is 30.1 Å². The minimum Gasteiger partial charge on any atom is -0.466 e. The Morgan fingerprint density at radius 3 is 2.08 bits per heavy atom. The van der Waals surface area contributed by atoms with E-state index in [1.165, 1.54) is 0 Å². The molecule has 0 spiro atoms. The summed E-state index contributed by atoms with van der Waals surface area (Å²) in [6.45, 7) is 1.69. The number of benzene rings is 1. The number of alkyl halides is 3. The van der Waals surface area contributed by atoms with Gasteiger partial charge in [-0.25, -0.2) is 0 Å². The highest BCUT2D eigenvalue weighted by atomic mass is 19.4. The molecular formula is C17H15F3O6. The first-order chi connectivity index (χ1) is 12.1. The Labute approximate surface area is 146 Å². The van der Waals surface area contributed by atoms with Crippen molar-refractivity contribution in [1.82, 2.24) is 0 Å². The summed E-state index contributed by atoms with van der Waals surface area (Å²) in [5, 5.41) is 0. The molecule has 0 aromatic heterocycles. The fourth-order valence-corrected chi connectivity index (χ4v) is 2.68. The largest absolute Gasteiger partial charge is 0.573 e. The van der Waals surface area contributed by atoms with Crippen molar-refractivity contribution in [2.75, 3.05) is 6.61 Å². The molecule has 140 valence electrons. The van der Waals surface area contributed by atoms with Gasteiger partial charge >= 0.3 is 12.3 Å². The van der Waals surface area contributed by atoms with Gasteiger partial charge in [-0.2, -0.15) is 0 Å². The van der Waals surface area contributed by atoms with Gasteiger partial charge in [0, 0.05) is 18.4 Å². The predicted octanol–water partition coefficient (Wildman–Crippen LogP) is 2.50. The molecule has 1 aromatic carbocycles. The van der Waals surface area contributed by atoms with Crippen molar-refractivity contribution >= 4 is 23.3 Å². The highest BCUT2D eigenvalue weighted by Crippen LogP contribution is 2.28. The number of carbonyl (C=O) groups excluding carboxylic acids is 4. The Bertz CT molecular complexity index is 705. The van der Waals surface area contributed by atoms with E-state index in [0.29, 0.717) is 0 Å². The van der Waals surface area contributed by atoms with Crippen molar-refractivity contribution in [2.24, 2.45) is 11.8 Å². The maximum Gasteiger partial charge on any atom is 0.573 e. The lowest BCUT2D eigenvalue weighted by Gasteiger charge is -2.24. The maximum atomic E-state index is 12.4. The van der Waals surface area contributed by atoms with Crippen molar-refractivity contribution in [3.8, 4) is 5.75 Å². The van der Waals surface area contributed by atoms with Crippen LogP contribution in [-0.2, 0) is 19.1 Å². The van der Waals surface area contributed by atoms with Gasteiger partial charge in [0.05, 0.1) is 12.5 Å². The molecule has 0 radical (unpaired) electrons. The van der Waals surface area contributed by atoms with E-state index < -0.39 is 47.3 Å². The molecule has 0 unspecified atom stereocenters. The third-order valence-corrected chi connectivity index (χ3v) is 3.79. The van der Waals surface area contributed by atoms with Gasteiger partial charge in [-0.05, 0) is 31.2 Å². The number of hydrogen-bond acceptors (Lipinski definition) is 6. The first-order valence-corrected chi connectivity index (χ1v) is 7.74. The third-order valence-electron chi connectivity index (χ3n) is 3.79. The van der Waals surface area contributed by atoms with Crippen LogP contribution < -0.4 is 4.74 Å². The number of halogens is 3. The van der Waals surface area contributed by atoms with Crippen LogP contribution >= 0.6 is 0 Å². The van der Waals surface area contributed by atoms with E-state index in [1.54, 1.807) is 6.92 Å². The summed E-state index contributed by atoms with van der Waals surface area (Å²) in [5.74, 6) is -5.91. The maximum absolute atomic E-state index is 12.4. The molecule has 1 aliphatic rings. The number of Topliss-reactive ketones (excluding diaryl/α,β-unsaturated/α-hetero) is 3. The minimum atomic E-state index is -4.87. The monoisotopic (exact) mass is 372 g/mol. The number of carbonyl (C=O) groups is 4. The zero-order valence-electron chi connectivity index (χ0n) is 13.7. The van der Waals surface area contributed by atoms with E-state index in [0.717, 1.165) is 24.3 Å². The average Bonchev–Trinajstić information content (AvgIpc) is 2.53. The summed E-state index contributed by atoms with van der Waals surface area (Å²) in [5.41, 5.74) is -0.0965.